The average Bonchev–Trinajstić information content (AvgIpc) is 1.84. The molecule has 9 nitrogen and oxygen atoms in total. The molecular formula is C2H14N2O7P2. The Morgan fingerprint density at radius 1 is 1.15 bits per heavy atom. The van der Waals surface area contributed by atoms with Crippen molar-refractivity contribution in [3.63, 3.8) is 0 Å². The van der Waals surface area contributed by atoms with Gasteiger partial charge in [0.15, 0.2) is 0 Å². The number of hydrogen-bond acceptors (Lipinski definition) is 6. The molecule has 0 aromatic carbocycles. The maximum atomic E-state index is 10.5. The van der Waals surface area contributed by atoms with Crippen LogP contribution in [0.1, 0.15) is 0 Å². The molecule has 13 heavy (non-hydrogen) atoms. The lowest BCUT2D eigenvalue weighted by Crippen LogP contribution is -2.08. The lowest BCUT2D eigenvalue weighted by atomic mass is 11.7. The molecule has 0 amide bonds. The summed E-state index contributed by atoms with van der Waals surface area (Å²) in [6.45, 7) is 0. The van der Waals surface area contributed by atoms with Gasteiger partial charge in [0.25, 0.3) is 5.59 Å². The predicted molar refractivity (Wildman–Crippen MR) is 44.9 cm³/mol. The van der Waals surface area contributed by atoms with Crippen LogP contribution in [0.4, 0.5) is 0 Å². The van der Waals surface area contributed by atoms with Gasteiger partial charge in [-0.3, -0.25) is 9.13 Å². The van der Waals surface area contributed by atoms with Gasteiger partial charge in [0.05, 0.1) is 0 Å². The van der Waals surface area contributed by atoms with Crippen LogP contribution in [0.25, 0.3) is 0 Å². The van der Waals surface area contributed by atoms with Gasteiger partial charge in [0, 0.05) is 7.11 Å². The molecule has 0 aliphatic rings. The van der Waals surface area contributed by atoms with E-state index in [0.29, 0.717) is 0 Å². The Labute approximate surface area is 74.6 Å². The summed E-state index contributed by atoms with van der Waals surface area (Å²) >= 11 is 0. The molecule has 0 fully saturated rings. The molecule has 0 aromatic rings. The molecule has 0 saturated heterocycles. The van der Waals surface area contributed by atoms with E-state index in [1.54, 1.807) is 0 Å². The van der Waals surface area contributed by atoms with Crippen molar-refractivity contribution in [2.75, 3.05) is 7.11 Å². The van der Waals surface area contributed by atoms with Crippen molar-refractivity contribution >= 4 is 15.2 Å². The van der Waals surface area contributed by atoms with Crippen LogP contribution in [-0.4, -0.2) is 32.5 Å². The first-order chi connectivity index (χ1) is 4.72. The summed E-state index contributed by atoms with van der Waals surface area (Å²) in [6, 6.07) is 0. The number of aliphatic hydroxyl groups is 1. The van der Waals surface area contributed by atoms with Crippen molar-refractivity contribution in [2.45, 2.75) is 5.59 Å². The van der Waals surface area contributed by atoms with Crippen molar-refractivity contribution < 1.29 is 33.4 Å². The first-order valence-electron chi connectivity index (χ1n) is 2.33. The molecule has 0 aliphatic heterocycles. The highest BCUT2D eigenvalue weighted by molar-refractivity contribution is 7.70. The highest BCUT2D eigenvalue weighted by Gasteiger charge is 2.43. The average molecular weight is 240 g/mol. The van der Waals surface area contributed by atoms with Crippen molar-refractivity contribution in [1.82, 2.24) is 12.3 Å². The van der Waals surface area contributed by atoms with Gasteiger partial charge >= 0.3 is 15.2 Å². The van der Waals surface area contributed by atoms with Gasteiger partial charge in [-0.2, -0.15) is 0 Å². The standard InChI is InChI=1S/C2H8O7P2.2H3N/c1-9-11(7,8)2(3)10(4,5)6;;/h2-3H,1H3,(H,7,8)(H2,4,5,6);2*1H3. The Morgan fingerprint density at radius 2 is 1.46 bits per heavy atom. The van der Waals surface area contributed by atoms with E-state index in [9.17, 15) is 9.13 Å². The first kappa shape index (κ1) is 18.9. The van der Waals surface area contributed by atoms with Crippen molar-refractivity contribution in [2.24, 2.45) is 0 Å². The molecule has 0 heterocycles. The van der Waals surface area contributed by atoms with Gasteiger partial charge in [0.2, 0.25) is 0 Å². The normalized spacial score (nSPS) is 17.6. The van der Waals surface area contributed by atoms with Crippen molar-refractivity contribution in [3.8, 4) is 0 Å². The summed E-state index contributed by atoms with van der Waals surface area (Å²) < 4.78 is 24.5. The van der Waals surface area contributed by atoms with Crippen molar-refractivity contribution in [3.05, 3.63) is 0 Å². The molecule has 0 bridgehead atoms. The summed E-state index contributed by atoms with van der Waals surface area (Å²) in [5.41, 5.74) is -2.67. The maximum Gasteiger partial charge on any atom is 0.368 e. The smallest absolute Gasteiger partial charge is 0.368 e. The zero-order valence-corrected chi connectivity index (χ0v) is 8.69. The molecule has 10 N–H and O–H groups in total. The molecule has 0 rings (SSSR count). The summed E-state index contributed by atoms with van der Waals surface area (Å²) in [5.74, 6) is 0. The highest BCUT2D eigenvalue weighted by atomic mass is 31.2. The van der Waals surface area contributed by atoms with E-state index in [1.165, 1.54) is 0 Å². The monoisotopic (exact) mass is 240 g/mol. The van der Waals surface area contributed by atoms with Crippen molar-refractivity contribution in [1.29, 1.82) is 0 Å². The minimum Gasteiger partial charge on any atom is -0.370 e. The van der Waals surface area contributed by atoms with E-state index < -0.39 is 20.8 Å². The molecule has 0 spiro atoms. The second-order valence-corrected chi connectivity index (χ2v) is 5.74. The molecule has 2 unspecified atom stereocenters. The lowest BCUT2D eigenvalue weighted by molar-refractivity contribution is 0.207. The SMILES string of the molecule is COP(=O)(O)C(O)P(=O)(O)O.N.N. The summed E-state index contributed by atoms with van der Waals surface area (Å²) in [7, 11) is -8.81. The summed E-state index contributed by atoms with van der Waals surface area (Å²) in [6.07, 6.45) is 0. The summed E-state index contributed by atoms with van der Waals surface area (Å²) in [4.78, 5) is 24.9. The van der Waals surface area contributed by atoms with Crippen LogP contribution in [0.5, 0.6) is 0 Å². The Hall–Kier alpha value is 0.180. The van der Waals surface area contributed by atoms with Gasteiger partial charge in [-0.1, -0.05) is 0 Å². The third-order valence-electron chi connectivity index (χ3n) is 0.854. The highest BCUT2D eigenvalue weighted by Crippen LogP contribution is 2.60. The predicted octanol–water partition coefficient (Wildman–Crippen LogP) is -0.404. The van der Waals surface area contributed by atoms with E-state index >= 15 is 0 Å². The van der Waals surface area contributed by atoms with Crippen LogP contribution in [0.2, 0.25) is 0 Å². The van der Waals surface area contributed by atoms with Crippen LogP contribution in [0, 0.1) is 0 Å². The molecule has 0 radical (unpaired) electrons. The topological polar surface area (TPSA) is 194 Å². The fraction of sp³-hybridized carbons (Fsp3) is 1.00. The van der Waals surface area contributed by atoms with Crippen LogP contribution in [0.15, 0.2) is 0 Å². The van der Waals surface area contributed by atoms with E-state index in [0.717, 1.165) is 7.11 Å². The summed E-state index contributed by atoms with van der Waals surface area (Å²) in [5, 5.41) is 8.51. The minimum atomic E-state index is -4.98. The Bertz CT molecular complexity index is 225. The minimum absolute atomic E-state index is 0. The largest absolute Gasteiger partial charge is 0.370 e. The van der Waals surface area contributed by atoms with Gasteiger partial charge < -0.3 is 36.6 Å². The molecular weight excluding hydrogens is 226 g/mol. The van der Waals surface area contributed by atoms with Gasteiger partial charge in [-0.25, -0.2) is 0 Å². The zero-order valence-electron chi connectivity index (χ0n) is 6.90. The van der Waals surface area contributed by atoms with E-state index in [4.69, 9.17) is 19.8 Å². The lowest BCUT2D eigenvalue weighted by Gasteiger charge is -2.16. The van der Waals surface area contributed by atoms with Crippen LogP contribution < -0.4 is 12.3 Å². The third-order valence-corrected chi connectivity index (χ3v) is 4.34. The van der Waals surface area contributed by atoms with Gasteiger partial charge in [-0.05, 0) is 0 Å². The molecule has 0 aliphatic carbocycles. The molecule has 11 heteroatoms. The van der Waals surface area contributed by atoms with Crippen LogP contribution in [0.3, 0.4) is 0 Å². The fourth-order valence-electron chi connectivity index (χ4n) is 0.284. The Morgan fingerprint density at radius 3 is 1.54 bits per heavy atom. The molecule has 0 aromatic heterocycles. The van der Waals surface area contributed by atoms with Crippen LogP contribution >= 0.6 is 15.2 Å². The van der Waals surface area contributed by atoms with Gasteiger partial charge in [-0.15, -0.1) is 0 Å². The second kappa shape index (κ2) is 5.82. The first-order valence-corrected chi connectivity index (χ1v) is 5.66. The van der Waals surface area contributed by atoms with E-state index in [2.05, 4.69) is 4.52 Å². The number of hydrogen-bond donors (Lipinski definition) is 6. The Kier molecular flexibility index (Phi) is 8.44. The second-order valence-electron chi connectivity index (χ2n) is 1.68. The zero-order chi connectivity index (χ0) is 9.28. The fourth-order valence-corrected chi connectivity index (χ4v) is 2.28. The molecule has 84 valence electrons. The maximum absolute atomic E-state index is 10.5. The van der Waals surface area contributed by atoms with Gasteiger partial charge in [0.1, 0.15) is 0 Å². The number of aliphatic hydroxyl groups excluding tert-OH is 1. The van der Waals surface area contributed by atoms with E-state index in [-0.39, 0.29) is 12.3 Å². The quantitative estimate of drug-likeness (QED) is 0.355. The van der Waals surface area contributed by atoms with Crippen LogP contribution in [-0.2, 0) is 13.7 Å². The number of rotatable bonds is 3. The molecule has 2 atom stereocenters. The Balaban J connectivity index is -0.000000500. The third kappa shape index (κ3) is 5.48. The van der Waals surface area contributed by atoms with E-state index in [1.807, 2.05) is 0 Å². The molecule has 0 saturated carbocycles.